The fraction of sp³-hybridized carbons (Fsp3) is 0.316. The number of imide groups is 2. The van der Waals surface area contributed by atoms with Crippen LogP contribution in [0.1, 0.15) is 37.3 Å². The Labute approximate surface area is 288 Å². The molecular formula is C38H35ClFN3O6. The molecule has 6 atom stereocenters. The monoisotopic (exact) mass is 683 g/mol. The Morgan fingerprint density at radius 2 is 1.73 bits per heavy atom. The van der Waals surface area contributed by atoms with Gasteiger partial charge < -0.3 is 9.84 Å². The number of anilines is 1. The van der Waals surface area contributed by atoms with Crippen LogP contribution >= 0.6 is 11.6 Å². The standard InChI is InChI=1S/C38H35ClFN3O6/c1-3-18-42-34(45)27-15-14-26-28(33(27)36(42)47)20-30-35(46)43(41-25-12-10-24(40)11-13-25)37(48)38(30,22-6-8-23(39)9-7-22)29(26)16-4-21-5-17-31(44)32(19-21)49-2/h4-14,16-17,19,27-30,33,41,44H,3,15,18,20H2,1-2H3. The van der Waals surface area contributed by atoms with E-state index in [4.69, 9.17) is 16.3 Å². The summed E-state index contributed by atoms with van der Waals surface area (Å²) in [6.07, 6.45) is 6.81. The molecule has 2 N–H and O–H groups in total. The van der Waals surface area contributed by atoms with Crippen molar-refractivity contribution in [1.29, 1.82) is 0 Å². The summed E-state index contributed by atoms with van der Waals surface area (Å²) in [6, 6.07) is 17.1. The molecule has 7 rings (SSSR count). The minimum Gasteiger partial charge on any atom is -0.504 e. The molecule has 3 aromatic carbocycles. The molecule has 2 saturated heterocycles. The normalized spacial score (nSPS) is 27.7. The zero-order valence-corrected chi connectivity index (χ0v) is 27.7. The Morgan fingerprint density at radius 1 is 1.00 bits per heavy atom. The van der Waals surface area contributed by atoms with Gasteiger partial charge >= 0.3 is 0 Å². The number of benzene rings is 3. The molecule has 2 aliphatic carbocycles. The maximum Gasteiger partial charge on any atom is 0.260 e. The molecule has 0 radical (unpaired) electrons. The zero-order valence-electron chi connectivity index (χ0n) is 26.9. The quantitative estimate of drug-likeness (QED) is 0.217. The molecule has 9 nitrogen and oxygen atoms in total. The number of halogens is 2. The average Bonchev–Trinajstić information content (AvgIpc) is 3.47. The highest BCUT2D eigenvalue weighted by atomic mass is 35.5. The minimum absolute atomic E-state index is 0.0313. The van der Waals surface area contributed by atoms with E-state index in [-0.39, 0.29) is 29.7 Å². The number of amides is 4. The van der Waals surface area contributed by atoms with E-state index in [0.29, 0.717) is 41.2 Å². The van der Waals surface area contributed by atoms with Crippen LogP contribution in [-0.4, -0.2) is 52.3 Å². The van der Waals surface area contributed by atoms with Crippen molar-refractivity contribution in [1.82, 2.24) is 9.91 Å². The molecule has 6 unspecified atom stereocenters. The first kappa shape index (κ1) is 32.6. The van der Waals surface area contributed by atoms with Crippen LogP contribution in [0.2, 0.25) is 5.02 Å². The molecule has 1 saturated carbocycles. The van der Waals surface area contributed by atoms with Crippen LogP contribution in [-0.2, 0) is 24.6 Å². The van der Waals surface area contributed by atoms with Crippen LogP contribution < -0.4 is 10.2 Å². The number of ether oxygens (including phenoxy) is 1. The lowest BCUT2D eigenvalue weighted by molar-refractivity contribution is -0.141. The lowest BCUT2D eigenvalue weighted by Crippen LogP contribution is -2.54. The third-order valence-electron chi connectivity index (χ3n) is 10.5. The van der Waals surface area contributed by atoms with Gasteiger partial charge in [-0.1, -0.05) is 60.5 Å². The molecule has 49 heavy (non-hydrogen) atoms. The summed E-state index contributed by atoms with van der Waals surface area (Å²) >= 11 is 6.33. The van der Waals surface area contributed by atoms with Gasteiger partial charge in [0.05, 0.1) is 36.0 Å². The van der Waals surface area contributed by atoms with E-state index >= 15 is 4.79 Å². The van der Waals surface area contributed by atoms with Gasteiger partial charge in [-0.05, 0) is 84.8 Å². The maximum absolute atomic E-state index is 15.0. The SMILES string of the molecule is CCCN1C(=O)C2CC=C3C(CC4C(=O)N(Nc5ccc(F)cc5)C(=O)C4(c4ccc(Cl)cc4)C3C=Cc3ccc(O)c(OC)c3)C2C1=O. The van der Waals surface area contributed by atoms with Crippen molar-refractivity contribution in [2.45, 2.75) is 31.6 Å². The topological polar surface area (TPSA) is 116 Å². The number of aromatic hydroxyl groups is 1. The highest BCUT2D eigenvalue weighted by molar-refractivity contribution is 6.30. The first-order valence-corrected chi connectivity index (χ1v) is 16.7. The lowest BCUT2D eigenvalue weighted by Gasteiger charge is -2.49. The predicted octanol–water partition coefficient (Wildman–Crippen LogP) is 6.13. The van der Waals surface area contributed by atoms with Crippen LogP contribution in [0.15, 0.2) is 84.5 Å². The van der Waals surface area contributed by atoms with E-state index in [2.05, 4.69) is 5.43 Å². The zero-order chi connectivity index (χ0) is 34.6. The summed E-state index contributed by atoms with van der Waals surface area (Å²) in [7, 11) is 1.45. The smallest absolute Gasteiger partial charge is 0.260 e. The number of carbonyl (C=O) groups excluding carboxylic acids is 4. The van der Waals surface area contributed by atoms with Crippen LogP contribution in [0.3, 0.4) is 0 Å². The summed E-state index contributed by atoms with van der Waals surface area (Å²) in [5.41, 5.74) is 3.89. The molecule has 0 aromatic heterocycles. The number of hydrazine groups is 1. The average molecular weight is 684 g/mol. The number of fused-ring (bicyclic) bond motifs is 4. The van der Waals surface area contributed by atoms with E-state index in [0.717, 1.165) is 10.6 Å². The van der Waals surface area contributed by atoms with Crippen molar-refractivity contribution >= 4 is 47.0 Å². The molecule has 3 fully saturated rings. The lowest BCUT2D eigenvalue weighted by atomic mass is 9.50. The number of allylic oxidation sites excluding steroid dienone is 3. The maximum atomic E-state index is 15.0. The Kier molecular flexibility index (Phi) is 8.30. The van der Waals surface area contributed by atoms with Gasteiger partial charge in [-0.3, -0.25) is 29.5 Å². The molecule has 0 bridgehead atoms. The highest BCUT2D eigenvalue weighted by Gasteiger charge is 2.69. The van der Waals surface area contributed by atoms with Gasteiger partial charge in [-0.15, -0.1) is 0 Å². The van der Waals surface area contributed by atoms with Crippen molar-refractivity contribution in [2.24, 2.45) is 29.6 Å². The van der Waals surface area contributed by atoms with Gasteiger partial charge in [-0.25, -0.2) is 4.39 Å². The second-order valence-corrected chi connectivity index (χ2v) is 13.5. The number of hydrogen-bond acceptors (Lipinski definition) is 7. The number of rotatable bonds is 8. The third kappa shape index (κ3) is 5.12. The fourth-order valence-electron chi connectivity index (χ4n) is 8.42. The van der Waals surface area contributed by atoms with Gasteiger partial charge in [-0.2, -0.15) is 5.01 Å². The van der Waals surface area contributed by atoms with E-state index < -0.39 is 52.6 Å². The predicted molar refractivity (Wildman–Crippen MR) is 180 cm³/mol. The van der Waals surface area contributed by atoms with Crippen LogP contribution in [0.25, 0.3) is 6.08 Å². The Morgan fingerprint density at radius 3 is 2.43 bits per heavy atom. The van der Waals surface area contributed by atoms with E-state index in [9.17, 15) is 23.9 Å². The largest absolute Gasteiger partial charge is 0.504 e. The Bertz CT molecular complexity index is 1910. The number of phenols is 1. The number of methoxy groups -OCH3 is 1. The number of nitrogens with zero attached hydrogens (tertiary/aromatic N) is 2. The fourth-order valence-corrected chi connectivity index (χ4v) is 8.54. The van der Waals surface area contributed by atoms with Crippen LogP contribution in [0.5, 0.6) is 11.5 Å². The van der Waals surface area contributed by atoms with Gasteiger partial charge in [0.15, 0.2) is 11.5 Å². The second-order valence-electron chi connectivity index (χ2n) is 13.0. The molecule has 2 aliphatic heterocycles. The summed E-state index contributed by atoms with van der Waals surface area (Å²) in [4.78, 5) is 58.4. The Hall–Kier alpha value is -4.96. The van der Waals surface area contributed by atoms with Gasteiger partial charge in [0.2, 0.25) is 11.8 Å². The van der Waals surface area contributed by atoms with Gasteiger partial charge in [0.25, 0.3) is 11.8 Å². The Balaban J connectivity index is 1.42. The first-order chi connectivity index (χ1) is 23.6. The van der Waals surface area contributed by atoms with Crippen molar-refractivity contribution < 1.29 is 33.4 Å². The number of likely N-dealkylation sites (tertiary alicyclic amines) is 1. The number of nitrogens with one attached hydrogen (secondary N) is 1. The molecular weight excluding hydrogens is 649 g/mol. The molecule has 4 amide bonds. The molecule has 2 heterocycles. The summed E-state index contributed by atoms with van der Waals surface area (Å²) in [6.45, 7) is 2.24. The van der Waals surface area contributed by atoms with E-state index in [1.165, 1.54) is 42.3 Å². The highest BCUT2D eigenvalue weighted by Crippen LogP contribution is 2.61. The minimum atomic E-state index is -1.46. The van der Waals surface area contributed by atoms with Crippen LogP contribution in [0.4, 0.5) is 10.1 Å². The van der Waals surface area contributed by atoms with Crippen LogP contribution in [0, 0.1) is 35.4 Å². The van der Waals surface area contributed by atoms with Crippen molar-refractivity contribution in [3.63, 3.8) is 0 Å². The second kappa shape index (κ2) is 12.5. The molecule has 3 aromatic rings. The van der Waals surface area contributed by atoms with Gasteiger partial charge in [0.1, 0.15) is 5.82 Å². The number of hydrogen-bond donors (Lipinski definition) is 2. The summed E-state index contributed by atoms with van der Waals surface area (Å²) in [5.74, 6) is -4.99. The summed E-state index contributed by atoms with van der Waals surface area (Å²) < 4.78 is 19.1. The third-order valence-corrected chi connectivity index (χ3v) is 10.8. The summed E-state index contributed by atoms with van der Waals surface area (Å²) in [5, 5.41) is 11.7. The molecule has 11 heteroatoms. The van der Waals surface area contributed by atoms with E-state index in [1.807, 2.05) is 25.2 Å². The van der Waals surface area contributed by atoms with Gasteiger partial charge in [0, 0.05) is 17.5 Å². The van der Waals surface area contributed by atoms with Crippen molar-refractivity contribution in [3.05, 3.63) is 106 Å². The molecule has 4 aliphatic rings. The number of phenolic OH excluding ortho intramolecular Hbond substituents is 1. The molecule has 252 valence electrons. The molecule has 0 spiro atoms. The van der Waals surface area contributed by atoms with Crippen molar-refractivity contribution in [2.75, 3.05) is 19.1 Å². The van der Waals surface area contributed by atoms with E-state index in [1.54, 1.807) is 36.4 Å². The number of carbonyl (C=O) groups is 4. The first-order valence-electron chi connectivity index (χ1n) is 16.4. The van der Waals surface area contributed by atoms with Crippen molar-refractivity contribution in [3.8, 4) is 11.5 Å².